The molecule has 2 aliphatic rings. The molecule has 3 heteroatoms. The summed E-state index contributed by atoms with van der Waals surface area (Å²) in [5.74, 6) is 2.30. The van der Waals surface area contributed by atoms with Crippen LogP contribution in [0.1, 0.15) is 25.3 Å². The van der Waals surface area contributed by atoms with Crippen molar-refractivity contribution in [2.24, 2.45) is 17.8 Å². The highest BCUT2D eigenvalue weighted by atomic mass is 79.9. The van der Waals surface area contributed by atoms with Crippen LogP contribution in [0, 0.1) is 29.1 Å². The molecule has 1 saturated carbocycles. The van der Waals surface area contributed by atoms with Crippen molar-refractivity contribution in [3.8, 4) is 6.07 Å². The van der Waals surface area contributed by atoms with E-state index in [-0.39, 0.29) is 0 Å². The number of halogens is 1. The standard InChI is InChI=1S/C16H17BrN2/c1-10(14-7-11-2-4-13(14)6-11)19-16-5-3-12(9-18)8-15(16)17/h2-5,8,10-11,13-14,19H,6-7H2,1H3. The smallest absolute Gasteiger partial charge is 0.0992 e. The minimum atomic E-state index is 0.462. The van der Waals surface area contributed by atoms with Crippen LogP contribution >= 0.6 is 15.9 Å². The van der Waals surface area contributed by atoms with Gasteiger partial charge in [0.2, 0.25) is 0 Å². The number of benzene rings is 1. The second-order valence-electron chi connectivity index (χ2n) is 5.68. The Morgan fingerprint density at radius 1 is 1.37 bits per heavy atom. The van der Waals surface area contributed by atoms with Crippen molar-refractivity contribution < 1.29 is 0 Å². The molecule has 4 unspecified atom stereocenters. The van der Waals surface area contributed by atoms with Gasteiger partial charge in [0.25, 0.3) is 0 Å². The van der Waals surface area contributed by atoms with Gasteiger partial charge in [-0.15, -0.1) is 0 Å². The summed E-state index contributed by atoms with van der Waals surface area (Å²) in [5.41, 5.74) is 1.77. The molecule has 2 nitrogen and oxygen atoms in total. The number of nitriles is 1. The highest BCUT2D eigenvalue weighted by Crippen LogP contribution is 2.45. The van der Waals surface area contributed by atoms with Gasteiger partial charge in [-0.05, 0) is 71.6 Å². The molecule has 1 aromatic rings. The van der Waals surface area contributed by atoms with E-state index in [4.69, 9.17) is 5.26 Å². The number of nitrogens with zero attached hydrogens (tertiary/aromatic N) is 1. The Kier molecular flexibility index (Phi) is 3.36. The fourth-order valence-corrected chi connectivity index (χ4v) is 3.95. The number of fused-ring (bicyclic) bond motifs is 2. The fourth-order valence-electron chi connectivity index (χ4n) is 3.45. The Balaban J connectivity index is 1.71. The van der Waals surface area contributed by atoms with Gasteiger partial charge in [0.05, 0.1) is 11.6 Å². The Labute approximate surface area is 122 Å². The van der Waals surface area contributed by atoms with Crippen LogP contribution < -0.4 is 5.32 Å². The molecule has 1 fully saturated rings. The van der Waals surface area contributed by atoms with E-state index in [0.29, 0.717) is 11.6 Å². The predicted molar refractivity (Wildman–Crippen MR) is 80.8 cm³/mol. The Morgan fingerprint density at radius 2 is 2.21 bits per heavy atom. The Hall–Kier alpha value is -1.27. The SMILES string of the molecule is CC(Nc1ccc(C#N)cc1Br)C1CC2C=CC1C2. The van der Waals surface area contributed by atoms with Crippen LogP contribution in [-0.4, -0.2) is 6.04 Å². The Morgan fingerprint density at radius 3 is 2.79 bits per heavy atom. The first-order chi connectivity index (χ1) is 9.17. The third kappa shape index (κ3) is 2.42. The van der Waals surface area contributed by atoms with Crippen molar-refractivity contribution in [1.82, 2.24) is 0 Å². The third-order valence-electron chi connectivity index (χ3n) is 4.45. The van der Waals surface area contributed by atoms with E-state index in [9.17, 15) is 0 Å². The number of anilines is 1. The van der Waals surface area contributed by atoms with Crippen molar-refractivity contribution in [3.63, 3.8) is 0 Å². The predicted octanol–water partition coefficient (Wildman–Crippen LogP) is 4.33. The zero-order chi connectivity index (χ0) is 13.4. The molecular weight excluding hydrogens is 300 g/mol. The van der Waals surface area contributed by atoms with E-state index in [1.807, 2.05) is 18.2 Å². The lowest BCUT2D eigenvalue weighted by Gasteiger charge is -2.27. The summed E-state index contributed by atoms with van der Waals surface area (Å²) in [6.07, 6.45) is 7.42. The highest BCUT2D eigenvalue weighted by Gasteiger charge is 2.38. The van der Waals surface area contributed by atoms with E-state index in [0.717, 1.165) is 27.9 Å². The van der Waals surface area contributed by atoms with Crippen LogP contribution in [0.4, 0.5) is 5.69 Å². The maximum atomic E-state index is 8.88. The summed E-state index contributed by atoms with van der Waals surface area (Å²) in [7, 11) is 0. The summed E-state index contributed by atoms with van der Waals surface area (Å²) >= 11 is 3.54. The van der Waals surface area contributed by atoms with Gasteiger partial charge in [-0.25, -0.2) is 0 Å². The molecule has 2 aliphatic carbocycles. The van der Waals surface area contributed by atoms with E-state index in [1.54, 1.807) is 0 Å². The second-order valence-corrected chi connectivity index (χ2v) is 6.54. The van der Waals surface area contributed by atoms with Crippen molar-refractivity contribution in [1.29, 1.82) is 5.26 Å². The molecule has 4 atom stereocenters. The first kappa shape index (κ1) is 12.7. The number of nitrogens with one attached hydrogen (secondary N) is 1. The van der Waals surface area contributed by atoms with Gasteiger partial charge in [0.1, 0.15) is 0 Å². The Bertz CT molecular complexity index is 558. The van der Waals surface area contributed by atoms with Crippen LogP contribution in [-0.2, 0) is 0 Å². The topological polar surface area (TPSA) is 35.8 Å². The maximum absolute atomic E-state index is 8.88. The van der Waals surface area contributed by atoms with Gasteiger partial charge in [-0.3, -0.25) is 0 Å². The van der Waals surface area contributed by atoms with E-state index in [2.05, 4.69) is 46.4 Å². The molecule has 0 aromatic heterocycles. The average Bonchev–Trinajstić information content (AvgIpc) is 3.03. The van der Waals surface area contributed by atoms with Crippen LogP contribution in [0.25, 0.3) is 0 Å². The molecular formula is C16H17BrN2. The van der Waals surface area contributed by atoms with E-state index < -0.39 is 0 Å². The molecule has 3 rings (SSSR count). The molecule has 0 radical (unpaired) electrons. The number of allylic oxidation sites excluding steroid dienone is 2. The van der Waals surface area contributed by atoms with Crippen LogP contribution in [0.2, 0.25) is 0 Å². The highest BCUT2D eigenvalue weighted by molar-refractivity contribution is 9.10. The summed E-state index contributed by atoms with van der Waals surface area (Å²) in [6.45, 7) is 2.27. The first-order valence-corrected chi connectivity index (χ1v) is 7.61. The van der Waals surface area contributed by atoms with Crippen molar-refractivity contribution in [2.75, 3.05) is 5.32 Å². The summed E-state index contributed by atoms with van der Waals surface area (Å²) in [4.78, 5) is 0. The monoisotopic (exact) mass is 316 g/mol. The zero-order valence-corrected chi connectivity index (χ0v) is 12.5. The first-order valence-electron chi connectivity index (χ1n) is 6.82. The number of hydrogen-bond donors (Lipinski definition) is 1. The molecule has 1 aromatic carbocycles. The molecule has 19 heavy (non-hydrogen) atoms. The molecule has 0 amide bonds. The molecule has 0 aliphatic heterocycles. The van der Waals surface area contributed by atoms with Crippen LogP contribution in [0.3, 0.4) is 0 Å². The summed E-state index contributed by atoms with van der Waals surface area (Å²) in [6, 6.07) is 8.34. The lowest BCUT2D eigenvalue weighted by molar-refractivity contribution is 0.400. The van der Waals surface area contributed by atoms with Gasteiger partial charge in [-0.1, -0.05) is 12.2 Å². The van der Waals surface area contributed by atoms with Gasteiger partial charge >= 0.3 is 0 Å². The van der Waals surface area contributed by atoms with Crippen molar-refractivity contribution in [3.05, 3.63) is 40.4 Å². The summed E-state index contributed by atoms with van der Waals surface area (Å²) < 4.78 is 0.970. The molecule has 0 heterocycles. The van der Waals surface area contributed by atoms with Crippen LogP contribution in [0.5, 0.6) is 0 Å². The quantitative estimate of drug-likeness (QED) is 0.842. The molecule has 0 spiro atoms. The third-order valence-corrected chi connectivity index (χ3v) is 5.11. The minimum Gasteiger partial charge on any atom is -0.381 e. The molecule has 98 valence electrons. The fraction of sp³-hybridized carbons (Fsp3) is 0.438. The van der Waals surface area contributed by atoms with E-state index in [1.165, 1.54) is 12.8 Å². The van der Waals surface area contributed by atoms with Crippen LogP contribution in [0.15, 0.2) is 34.8 Å². The minimum absolute atomic E-state index is 0.462. The largest absolute Gasteiger partial charge is 0.381 e. The zero-order valence-electron chi connectivity index (χ0n) is 10.9. The lowest BCUT2D eigenvalue weighted by atomic mass is 9.87. The number of hydrogen-bond acceptors (Lipinski definition) is 2. The second kappa shape index (κ2) is 5.02. The van der Waals surface area contributed by atoms with Gasteiger partial charge in [0.15, 0.2) is 0 Å². The molecule has 0 saturated heterocycles. The summed E-state index contributed by atoms with van der Waals surface area (Å²) in [5, 5.41) is 12.5. The van der Waals surface area contributed by atoms with Gasteiger partial charge in [-0.2, -0.15) is 5.26 Å². The maximum Gasteiger partial charge on any atom is 0.0992 e. The molecule has 1 N–H and O–H groups in total. The average molecular weight is 317 g/mol. The normalized spacial score (nSPS) is 29.2. The van der Waals surface area contributed by atoms with Crippen molar-refractivity contribution in [2.45, 2.75) is 25.8 Å². The van der Waals surface area contributed by atoms with Crippen molar-refractivity contribution >= 4 is 21.6 Å². The van der Waals surface area contributed by atoms with Gasteiger partial charge in [0, 0.05) is 16.2 Å². The van der Waals surface area contributed by atoms with E-state index >= 15 is 0 Å². The van der Waals surface area contributed by atoms with Gasteiger partial charge < -0.3 is 5.32 Å². The lowest BCUT2D eigenvalue weighted by Crippen LogP contribution is -2.28. The molecule has 2 bridgehead atoms. The number of rotatable bonds is 3.